The number of aliphatic hydroxyl groups is 2. The van der Waals surface area contributed by atoms with E-state index in [1.165, 1.54) is 6.08 Å². The molecule has 0 bridgehead atoms. The topological polar surface area (TPSA) is 160 Å². The molecule has 12 heteroatoms. The molecule has 1 saturated heterocycles. The summed E-state index contributed by atoms with van der Waals surface area (Å²) in [7, 11) is 0. The van der Waals surface area contributed by atoms with Crippen molar-refractivity contribution in [2.45, 2.75) is 24.5 Å². The molecule has 4 N–H and O–H groups in total. The minimum Gasteiger partial charge on any atom is -0.479 e. The van der Waals surface area contributed by atoms with Gasteiger partial charge in [-0.3, -0.25) is 9.88 Å². The Kier molecular flexibility index (Phi) is 5.46. The molecule has 0 saturated carbocycles. The predicted octanol–water partition coefficient (Wildman–Crippen LogP) is -1.18. The highest BCUT2D eigenvalue weighted by Crippen LogP contribution is 2.28. The van der Waals surface area contributed by atoms with Crippen LogP contribution in [0.2, 0.25) is 0 Å². The van der Waals surface area contributed by atoms with Crippen LogP contribution in [-0.2, 0) is 14.3 Å². The van der Waals surface area contributed by atoms with E-state index in [9.17, 15) is 29.0 Å². The average Bonchev–Trinajstić information content (AvgIpc) is 2.84. The highest BCUT2D eigenvalue weighted by molar-refractivity contribution is 5.83. The quantitative estimate of drug-likeness (QED) is 0.474. The summed E-state index contributed by atoms with van der Waals surface area (Å²) in [5, 5.41) is 30.2. The van der Waals surface area contributed by atoms with E-state index in [4.69, 9.17) is 9.84 Å². The third-order valence-electron chi connectivity index (χ3n) is 3.22. The van der Waals surface area contributed by atoms with Crippen LogP contribution >= 0.6 is 0 Å². The molecule has 0 spiro atoms. The van der Waals surface area contributed by atoms with Gasteiger partial charge in [0.1, 0.15) is 18.8 Å². The van der Waals surface area contributed by atoms with E-state index in [0.29, 0.717) is 10.8 Å². The molecule has 136 valence electrons. The number of aliphatic carboxylic acids is 1. The highest BCUT2D eigenvalue weighted by atomic mass is 19.1. The summed E-state index contributed by atoms with van der Waals surface area (Å²) in [5.41, 5.74) is -1.16. The number of hydrogen-bond acceptors (Lipinski definition) is 8. The number of carbonyl (C=O) groups is 2. The number of nitrogens with zero attached hydrogens (tertiary/aromatic N) is 2. The Morgan fingerprint density at radius 1 is 1.48 bits per heavy atom. The molecule has 1 amide bonds. The first kappa shape index (κ1) is 18.5. The molecule has 25 heavy (non-hydrogen) atoms. The summed E-state index contributed by atoms with van der Waals surface area (Å²) < 4.78 is 23.9. The van der Waals surface area contributed by atoms with Crippen LogP contribution in [0, 0.1) is 5.82 Å². The molecule has 1 aliphatic heterocycles. The molecule has 1 aromatic heterocycles. The summed E-state index contributed by atoms with van der Waals surface area (Å²) in [5.74, 6) is -3.49. The molecule has 2 rings (SSSR count). The SMILES string of the molecule is C=CCOC(=O)Nc1nc(=O)n([C@@H]2O[C@H](C(=O)O)[C@@H](O)[C@H]2O)cc1F. The monoisotopic (exact) mass is 359 g/mol. The minimum absolute atomic E-state index is 0.152. The minimum atomic E-state index is -1.83. The number of halogens is 1. The van der Waals surface area contributed by atoms with E-state index in [-0.39, 0.29) is 6.61 Å². The molecule has 2 heterocycles. The lowest BCUT2D eigenvalue weighted by atomic mass is 10.1. The number of carbonyl (C=O) groups excluding carboxylic acids is 1. The summed E-state index contributed by atoms with van der Waals surface area (Å²) in [4.78, 5) is 37.5. The lowest BCUT2D eigenvalue weighted by Crippen LogP contribution is -2.37. The summed E-state index contributed by atoms with van der Waals surface area (Å²) >= 11 is 0. The van der Waals surface area contributed by atoms with Crippen LogP contribution in [0.15, 0.2) is 23.6 Å². The Balaban J connectivity index is 2.25. The average molecular weight is 359 g/mol. The zero-order valence-electron chi connectivity index (χ0n) is 12.5. The van der Waals surface area contributed by atoms with Crippen molar-refractivity contribution in [3.8, 4) is 0 Å². The molecule has 1 aromatic rings. The first-order chi connectivity index (χ1) is 11.8. The van der Waals surface area contributed by atoms with E-state index < -0.39 is 53.9 Å². The number of hydrogen-bond donors (Lipinski definition) is 4. The van der Waals surface area contributed by atoms with Crippen LogP contribution in [-0.4, -0.2) is 61.9 Å². The van der Waals surface area contributed by atoms with Crippen LogP contribution in [0.5, 0.6) is 0 Å². The molecule has 11 nitrogen and oxygen atoms in total. The second kappa shape index (κ2) is 7.38. The van der Waals surface area contributed by atoms with E-state index in [0.717, 1.165) is 0 Å². The standard InChI is InChI=1S/C13H14FN3O8/c1-2-3-24-13(23)16-9-5(14)4-17(12(22)15-9)10-7(19)6(18)8(25-10)11(20)21/h2,4,6-8,10,18-19H,1,3H2,(H,20,21)(H,15,16,22,23)/t6-,7+,8-,10+/m0/s1. The number of carboxylic acid groups (broad SMARTS) is 1. The van der Waals surface area contributed by atoms with Gasteiger partial charge in [0.2, 0.25) is 0 Å². The maximum Gasteiger partial charge on any atom is 0.413 e. The maximum atomic E-state index is 14.0. The third-order valence-corrected chi connectivity index (χ3v) is 3.22. The van der Waals surface area contributed by atoms with Crippen LogP contribution in [0.3, 0.4) is 0 Å². The molecule has 1 fully saturated rings. The summed E-state index contributed by atoms with van der Waals surface area (Å²) in [6, 6.07) is 0. The van der Waals surface area contributed by atoms with E-state index in [1.54, 1.807) is 0 Å². The number of anilines is 1. The van der Waals surface area contributed by atoms with Crippen molar-refractivity contribution in [3.05, 3.63) is 35.2 Å². The number of rotatable bonds is 5. The molecule has 4 atom stereocenters. The van der Waals surface area contributed by atoms with Gasteiger partial charge in [0.05, 0.1) is 6.20 Å². The van der Waals surface area contributed by atoms with Crippen molar-refractivity contribution >= 4 is 17.9 Å². The zero-order valence-corrected chi connectivity index (χ0v) is 12.5. The van der Waals surface area contributed by atoms with Crippen molar-refractivity contribution in [2.24, 2.45) is 0 Å². The second-order valence-corrected chi connectivity index (χ2v) is 4.91. The summed E-state index contributed by atoms with van der Waals surface area (Å²) in [6.07, 6.45) is -6.38. The highest BCUT2D eigenvalue weighted by Gasteiger charge is 2.48. The van der Waals surface area contributed by atoms with Crippen molar-refractivity contribution < 1.29 is 38.8 Å². The van der Waals surface area contributed by atoms with Crippen molar-refractivity contribution in [1.29, 1.82) is 0 Å². The smallest absolute Gasteiger partial charge is 0.413 e. The van der Waals surface area contributed by atoms with Crippen LogP contribution in [0.25, 0.3) is 0 Å². The number of amides is 1. The Hall–Kier alpha value is -2.83. The molecular formula is C13H14FN3O8. The fraction of sp³-hybridized carbons (Fsp3) is 0.385. The largest absolute Gasteiger partial charge is 0.479 e. The van der Waals surface area contributed by atoms with Gasteiger partial charge in [0, 0.05) is 0 Å². The maximum absolute atomic E-state index is 14.0. The predicted molar refractivity (Wildman–Crippen MR) is 77.2 cm³/mol. The number of carboxylic acids is 1. The van der Waals surface area contributed by atoms with Gasteiger partial charge in [-0.25, -0.2) is 18.8 Å². The molecule has 0 aromatic carbocycles. The molecular weight excluding hydrogens is 345 g/mol. The molecule has 0 radical (unpaired) electrons. The second-order valence-electron chi connectivity index (χ2n) is 4.91. The van der Waals surface area contributed by atoms with Gasteiger partial charge in [-0.05, 0) is 0 Å². The Morgan fingerprint density at radius 2 is 2.16 bits per heavy atom. The number of ether oxygens (including phenoxy) is 2. The fourth-order valence-corrected chi connectivity index (χ4v) is 2.08. The fourth-order valence-electron chi connectivity index (χ4n) is 2.08. The Morgan fingerprint density at radius 3 is 2.72 bits per heavy atom. The summed E-state index contributed by atoms with van der Waals surface area (Å²) in [6.45, 7) is 3.16. The first-order valence-electron chi connectivity index (χ1n) is 6.84. The van der Waals surface area contributed by atoms with Gasteiger partial charge in [-0.2, -0.15) is 4.98 Å². The van der Waals surface area contributed by atoms with Gasteiger partial charge in [-0.15, -0.1) is 0 Å². The molecule has 1 aliphatic rings. The third kappa shape index (κ3) is 3.81. The van der Waals surface area contributed by atoms with Crippen molar-refractivity contribution in [1.82, 2.24) is 9.55 Å². The lowest BCUT2D eigenvalue weighted by molar-refractivity contribution is -0.155. The molecule has 0 unspecified atom stereocenters. The normalized spacial score (nSPS) is 25.4. The lowest BCUT2D eigenvalue weighted by Gasteiger charge is -2.17. The Bertz CT molecular complexity index is 751. The first-order valence-corrected chi connectivity index (χ1v) is 6.84. The molecule has 0 aliphatic carbocycles. The zero-order chi connectivity index (χ0) is 18.7. The van der Waals surface area contributed by atoms with Gasteiger partial charge in [-0.1, -0.05) is 12.7 Å². The van der Waals surface area contributed by atoms with E-state index >= 15 is 0 Å². The van der Waals surface area contributed by atoms with Gasteiger partial charge >= 0.3 is 17.8 Å². The van der Waals surface area contributed by atoms with Crippen LogP contribution < -0.4 is 11.0 Å². The number of aliphatic hydroxyl groups excluding tert-OH is 2. The van der Waals surface area contributed by atoms with Crippen molar-refractivity contribution in [3.63, 3.8) is 0 Å². The van der Waals surface area contributed by atoms with Gasteiger partial charge in [0.25, 0.3) is 0 Å². The van der Waals surface area contributed by atoms with Crippen LogP contribution in [0.4, 0.5) is 15.0 Å². The number of nitrogens with one attached hydrogen (secondary N) is 1. The Labute approximate surface area is 138 Å². The van der Waals surface area contributed by atoms with Crippen molar-refractivity contribution in [2.75, 3.05) is 11.9 Å². The number of aromatic nitrogens is 2. The van der Waals surface area contributed by atoms with Gasteiger partial charge in [0.15, 0.2) is 24.0 Å². The van der Waals surface area contributed by atoms with Crippen LogP contribution in [0.1, 0.15) is 6.23 Å². The van der Waals surface area contributed by atoms with E-state index in [2.05, 4.69) is 16.3 Å². The van der Waals surface area contributed by atoms with E-state index in [1.807, 2.05) is 5.32 Å². The van der Waals surface area contributed by atoms with Gasteiger partial charge < -0.3 is 24.8 Å².